The molecule has 0 aliphatic rings. The summed E-state index contributed by atoms with van der Waals surface area (Å²) in [6, 6.07) is 3.41. The van der Waals surface area contributed by atoms with E-state index in [9.17, 15) is 8.42 Å². The number of thiazole rings is 1. The maximum absolute atomic E-state index is 12.4. The molecule has 6 nitrogen and oxygen atoms in total. The molecule has 0 saturated carbocycles. The smallest absolute Gasteiger partial charge is 0.260 e. The van der Waals surface area contributed by atoms with Gasteiger partial charge in [-0.2, -0.15) is 0 Å². The first-order chi connectivity index (χ1) is 10.0. The van der Waals surface area contributed by atoms with Gasteiger partial charge in [-0.25, -0.2) is 23.1 Å². The lowest BCUT2D eigenvalue weighted by Crippen LogP contribution is -2.29. The van der Waals surface area contributed by atoms with Gasteiger partial charge in [-0.3, -0.25) is 0 Å². The summed E-state index contributed by atoms with van der Waals surface area (Å²) >= 11 is 1.51. The fourth-order valence-electron chi connectivity index (χ4n) is 1.80. The maximum atomic E-state index is 12.4. The van der Waals surface area contributed by atoms with Gasteiger partial charge in [0, 0.05) is 36.8 Å². The third-order valence-corrected chi connectivity index (χ3v) is 5.23. The molecule has 0 radical (unpaired) electrons. The minimum atomic E-state index is -3.65. The van der Waals surface area contributed by atoms with Crippen LogP contribution in [0.15, 0.2) is 34.9 Å². The van der Waals surface area contributed by atoms with Gasteiger partial charge in [-0.1, -0.05) is 6.92 Å². The molecule has 2 rings (SSSR count). The van der Waals surface area contributed by atoms with Crippen molar-refractivity contribution in [3.63, 3.8) is 0 Å². The van der Waals surface area contributed by atoms with E-state index in [1.807, 2.05) is 19.2 Å². The molecule has 2 N–H and O–H groups in total. The molecule has 0 aliphatic carbocycles. The molecular formula is C13H18N4O2S2. The largest absolute Gasteiger partial charge is 0.383 e. The molecule has 8 heteroatoms. The van der Waals surface area contributed by atoms with Crippen LogP contribution in [-0.2, 0) is 10.0 Å². The van der Waals surface area contributed by atoms with Crippen molar-refractivity contribution in [1.82, 2.24) is 14.7 Å². The summed E-state index contributed by atoms with van der Waals surface area (Å²) in [6.07, 6.45) is 3.19. The number of pyridine rings is 1. The Morgan fingerprint density at radius 1 is 1.33 bits per heavy atom. The summed E-state index contributed by atoms with van der Waals surface area (Å²) in [5.41, 5.74) is 0.509. The van der Waals surface area contributed by atoms with Crippen molar-refractivity contribution in [1.29, 1.82) is 0 Å². The molecule has 1 atom stereocenters. The van der Waals surface area contributed by atoms with E-state index < -0.39 is 10.0 Å². The van der Waals surface area contributed by atoms with Gasteiger partial charge in [0.2, 0.25) is 0 Å². The fourth-order valence-corrected chi connectivity index (χ4v) is 3.73. The second-order valence-electron chi connectivity index (χ2n) is 4.51. The molecule has 0 amide bonds. The van der Waals surface area contributed by atoms with Crippen LogP contribution in [0, 0.1) is 0 Å². The summed E-state index contributed by atoms with van der Waals surface area (Å²) in [6.45, 7) is 4.76. The summed E-state index contributed by atoms with van der Waals surface area (Å²) in [5.74, 6) is 0.0195. The average molecular weight is 326 g/mol. The summed E-state index contributed by atoms with van der Waals surface area (Å²) < 4.78 is 27.3. The van der Waals surface area contributed by atoms with E-state index in [-0.39, 0.29) is 17.5 Å². The number of nitrogens with one attached hydrogen (secondary N) is 2. The van der Waals surface area contributed by atoms with Gasteiger partial charge in [-0.15, -0.1) is 11.3 Å². The molecule has 0 fully saturated rings. The highest BCUT2D eigenvalue weighted by Crippen LogP contribution is 2.20. The second kappa shape index (κ2) is 6.97. The lowest BCUT2D eigenvalue weighted by atomic mass is 10.2. The number of anilines is 1. The summed E-state index contributed by atoms with van der Waals surface area (Å²) in [4.78, 5) is 8.18. The van der Waals surface area contributed by atoms with Crippen LogP contribution in [0.5, 0.6) is 0 Å². The second-order valence-corrected chi connectivity index (χ2v) is 7.12. The zero-order chi connectivity index (χ0) is 15.3. The minimum Gasteiger partial charge on any atom is -0.383 e. The fraction of sp³-hybridized carbons (Fsp3) is 0.385. The number of rotatable bonds is 7. The van der Waals surface area contributed by atoms with Crippen LogP contribution >= 0.6 is 11.3 Å². The summed E-state index contributed by atoms with van der Waals surface area (Å²) in [5, 5.41) is 5.82. The molecule has 0 bridgehead atoms. The Kier molecular flexibility index (Phi) is 5.27. The first kappa shape index (κ1) is 15.9. The van der Waals surface area contributed by atoms with E-state index >= 15 is 0 Å². The first-order valence-electron chi connectivity index (χ1n) is 6.62. The first-order valence-corrected chi connectivity index (χ1v) is 8.98. The number of hydrogen-bond donors (Lipinski definition) is 2. The molecule has 2 heterocycles. The molecule has 0 saturated heterocycles. The Hall–Kier alpha value is -1.51. The maximum Gasteiger partial charge on any atom is 0.260 e. The monoisotopic (exact) mass is 326 g/mol. The van der Waals surface area contributed by atoms with Crippen molar-refractivity contribution in [2.75, 3.05) is 18.4 Å². The van der Waals surface area contributed by atoms with Crippen LogP contribution in [0.4, 0.5) is 5.69 Å². The molecule has 0 spiro atoms. The third kappa shape index (κ3) is 3.99. The minimum absolute atomic E-state index is 0.0195. The van der Waals surface area contributed by atoms with Gasteiger partial charge in [0.25, 0.3) is 10.0 Å². The van der Waals surface area contributed by atoms with Crippen LogP contribution < -0.4 is 10.0 Å². The van der Waals surface area contributed by atoms with Gasteiger partial charge in [0.05, 0.1) is 10.7 Å². The molecular weight excluding hydrogens is 308 g/mol. The molecule has 21 heavy (non-hydrogen) atoms. The SMILES string of the molecule is CCNc1cccnc1S(=O)(=O)NCC(C)c1nccs1. The van der Waals surface area contributed by atoms with Crippen molar-refractivity contribution < 1.29 is 8.42 Å². The predicted octanol–water partition coefficient (Wildman–Crippen LogP) is 2.05. The highest BCUT2D eigenvalue weighted by Gasteiger charge is 2.21. The number of sulfonamides is 1. The Bertz CT molecular complexity index is 671. The lowest BCUT2D eigenvalue weighted by molar-refractivity contribution is 0.571. The highest BCUT2D eigenvalue weighted by molar-refractivity contribution is 7.89. The lowest BCUT2D eigenvalue weighted by Gasteiger charge is -2.13. The number of aromatic nitrogens is 2. The molecule has 1 unspecified atom stereocenters. The Morgan fingerprint density at radius 3 is 2.81 bits per heavy atom. The predicted molar refractivity (Wildman–Crippen MR) is 84.1 cm³/mol. The van der Waals surface area contributed by atoms with E-state index in [4.69, 9.17) is 0 Å². The van der Waals surface area contributed by atoms with Gasteiger partial charge in [0.1, 0.15) is 0 Å². The number of hydrogen-bond acceptors (Lipinski definition) is 6. The third-order valence-electron chi connectivity index (χ3n) is 2.85. The molecule has 0 aromatic carbocycles. The van der Waals surface area contributed by atoms with Crippen LogP contribution in [0.3, 0.4) is 0 Å². The standard InChI is InChI=1S/C13H18N4O2S2/c1-3-14-11-5-4-6-16-13(11)21(18,19)17-9-10(2)12-15-7-8-20-12/h4-8,10,14,17H,3,9H2,1-2H3. The molecule has 2 aromatic heterocycles. The Labute approximate surface area is 128 Å². The van der Waals surface area contributed by atoms with Gasteiger partial charge in [-0.05, 0) is 19.1 Å². The van der Waals surface area contributed by atoms with Gasteiger partial charge < -0.3 is 5.32 Å². The molecule has 114 valence electrons. The van der Waals surface area contributed by atoms with Crippen LogP contribution in [0.1, 0.15) is 24.8 Å². The van der Waals surface area contributed by atoms with Crippen LogP contribution in [0.2, 0.25) is 0 Å². The molecule has 0 aliphatic heterocycles. The van der Waals surface area contributed by atoms with Crippen molar-refractivity contribution >= 4 is 27.0 Å². The van der Waals surface area contributed by atoms with E-state index in [1.54, 1.807) is 18.3 Å². The number of nitrogens with zero attached hydrogens (tertiary/aromatic N) is 2. The Morgan fingerprint density at radius 2 is 2.14 bits per heavy atom. The van der Waals surface area contributed by atoms with Crippen LogP contribution in [-0.4, -0.2) is 31.5 Å². The van der Waals surface area contributed by atoms with Crippen molar-refractivity contribution in [3.05, 3.63) is 34.9 Å². The van der Waals surface area contributed by atoms with E-state index in [0.717, 1.165) is 5.01 Å². The van der Waals surface area contributed by atoms with Gasteiger partial charge >= 0.3 is 0 Å². The molecule has 2 aromatic rings. The van der Waals surface area contributed by atoms with E-state index in [2.05, 4.69) is 20.0 Å². The zero-order valence-electron chi connectivity index (χ0n) is 11.9. The quantitative estimate of drug-likeness (QED) is 0.813. The van der Waals surface area contributed by atoms with Gasteiger partial charge in [0.15, 0.2) is 5.03 Å². The van der Waals surface area contributed by atoms with Crippen molar-refractivity contribution in [2.24, 2.45) is 0 Å². The van der Waals surface area contributed by atoms with Crippen LogP contribution in [0.25, 0.3) is 0 Å². The van der Waals surface area contributed by atoms with E-state index in [0.29, 0.717) is 12.2 Å². The van der Waals surface area contributed by atoms with E-state index in [1.165, 1.54) is 17.5 Å². The average Bonchev–Trinajstić information content (AvgIpc) is 3.00. The summed E-state index contributed by atoms with van der Waals surface area (Å²) in [7, 11) is -3.65. The van der Waals surface area contributed by atoms with Crippen molar-refractivity contribution in [2.45, 2.75) is 24.8 Å². The Balaban J connectivity index is 2.12. The highest BCUT2D eigenvalue weighted by atomic mass is 32.2. The zero-order valence-corrected chi connectivity index (χ0v) is 13.5. The normalized spacial score (nSPS) is 13.0. The van der Waals surface area contributed by atoms with Crippen molar-refractivity contribution in [3.8, 4) is 0 Å². The topological polar surface area (TPSA) is 84.0 Å².